The van der Waals surface area contributed by atoms with Gasteiger partial charge in [-0.3, -0.25) is 0 Å². The van der Waals surface area contributed by atoms with Crippen LogP contribution in [0, 0.1) is 11.3 Å². The van der Waals surface area contributed by atoms with Crippen molar-refractivity contribution in [3.63, 3.8) is 0 Å². The van der Waals surface area contributed by atoms with Gasteiger partial charge in [0.15, 0.2) is 0 Å². The van der Waals surface area contributed by atoms with E-state index in [0.717, 1.165) is 29.8 Å². The Labute approximate surface area is 124 Å². The normalized spacial score (nSPS) is 11.7. The Bertz CT molecular complexity index is 404. The van der Waals surface area contributed by atoms with Gasteiger partial charge >= 0.3 is 0 Å². The van der Waals surface area contributed by atoms with E-state index in [1.54, 1.807) is 6.20 Å². The van der Waals surface area contributed by atoms with Gasteiger partial charge in [-0.25, -0.2) is 4.98 Å². The van der Waals surface area contributed by atoms with Gasteiger partial charge in [-0.1, -0.05) is 34.6 Å². The third-order valence-electron chi connectivity index (χ3n) is 3.55. The van der Waals surface area contributed by atoms with Crippen molar-refractivity contribution in [3.05, 3.63) is 10.7 Å². The lowest BCUT2D eigenvalue weighted by Gasteiger charge is -2.29. The van der Waals surface area contributed by atoms with Gasteiger partial charge in [-0.15, -0.1) is 0 Å². The highest BCUT2D eigenvalue weighted by Gasteiger charge is 2.22. The number of rotatable bonds is 7. The largest absolute Gasteiger partial charge is 0.368 e. The van der Waals surface area contributed by atoms with Crippen LogP contribution in [0.15, 0.2) is 10.7 Å². The third-order valence-corrected chi connectivity index (χ3v) is 4.13. The van der Waals surface area contributed by atoms with Crippen LogP contribution < -0.4 is 10.6 Å². The standard InChI is InChI=1S/C14H25BrN4/c1-6-7-16-13-17-8-11(15)12(19-13)18-9-14(4,5)10(2)3/h8,10H,6-7,9H2,1-5H3,(H2,16,17,18,19). The van der Waals surface area contributed by atoms with Crippen molar-refractivity contribution in [3.8, 4) is 0 Å². The van der Waals surface area contributed by atoms with Crippen molar-refractivity contribution in [2.75, 3.05) is 23.7 Å². The summed E-state index contributed by atoms with van der Waals surface area (Å²) in [6.45, 7) is 12.9. The second-order valence-corrected chi connectivity index (χ2v) is 6.67. The Morgan fingerprint density at radius 3 is 2.58 bits per heavy atom. The van der Waals surface area contributed by atoms with Crippen LogP contribution in [0.4, 0.5) is 11.8 Å². The van der Waals surface area contributed by atoms with Crippen molar-refractivity contribution >= 4 is 27.7 Å². The van der Waals surface area contributed by atoms with Crippen molar-refractivity contribution < 1.29 is 0 Å². The second kappa shape index (κ2) is 7.08. The Morgan fingerprint density at radius 1 is 1.32 bits per heavy atom. The van der Waals surface area contributed by atoms with Gasteiger partial charge in [0, 0.05) is 19.3 Å². The number of hydrogen-bond acceptors (Lipinski definition) is 4. The maximum absolute atomic E-state index is 4.49. The molecule has 2 N–H and O–H groups in total. The zero-order chi connectivity index (χ0) is 14.5. The summed E-state index contributed by atoms with van der Waals surface area (Å²) in [6.07, 6.45) is 2.85. The van der Waals surface area contributed by atoms with Crippen LogP contribution in [-0.2, 0) is 0 Å². The summed E-state index contributed by atoms with van der Waals surface area (Å²) in [5.74, 6) is 2.13. The topological polar surface area (TPSA) is 49.8 Å². The fourth-order valence-electron chi connectivity index (χ4n) is 1.33. The van der Waals surface area contributed by atoms with Crippen LogP contribution in [-0.4, -0.2) is 23.1 Å². The molecule has 0 fully saturated rings. The zero-order valence-electron chi connectivity index (χ0n) is 12.5. The van der Waals surface area contributed by atoms with E-state index in [1.807, 2.05) is 0 Å². The Kier molecular flexibility index (Phi) is 6.04. The zero-order valence-corrected chi connectivity index (χ0v) is 14.1. The molecule has 108 valence electrons. The first kappa shape index (κ1) is 16.2. The molecule has 0 spiro atoms. The van der Waals surface area contributed by atoms with E-state index >= 15 is 0 Å². The molecule has 19 heavy (non-hydrogen) atoms. The number of nitrogens with one attached hydrogen (secondary N) is 2. The molecule has 0 aliphatic carbocycles. The highest BCUT2D eigenvalue weighted by atomic mass is 79.9. The van der Waals surface area contributed by atoms with Crippen LogP contribution >= 0.6 is 15.9 Å². The van der Waals surface area contributed by atoms with Crippen LogP contribution in [0.2, 0.25) is 0 Å². The molecule has 0 saturated carbocycles. The highest BCUT2D eigenvalue weighted by molar-refractivity contribution is 9.10. The lowest BCUT2D eigenvalue weighted by atomic mass is 9.81. The number of nitrogens with zero attached hydrogens (tertiary/aromatic N) is 2. The lowest BCUT2D eigenvalue weighted by Crippen LogP contribution is -2.29. The number of hydrogen-bond donors (Lipinski definition) is 2. The Balaban J connectivity index is 2.71. The minimum absolute atomic E-state index is 0.224. The van der Waals surface area contributed by atoms with E-state index < -0.39 is 0 Å². The quantitative estimate of drug-likeness (QED) is 0.789. The summed E-state index contributed by atoms with van der Waals surface area (Å²) in [6, 6.07) is 0. The molecule has 0 bridgehead atoms. The van der Waals surface area contributed by atoms with Crippen molar-refractivity contribution in [2.45, 2.75) is 41.0 Å². The average Bonchev–Trinajstić information content (AvgIpc) is 2.36. The molecule has 0 radical (unpaired) electrons. The van der Waals surface area contributed by atoms with E-state index in [9.17, 15) is 0 Å². The third kappa shape index (κ3) is 4.97. The first-order chi connectivity index (χ1) is 8.86. The summed E-state index contributed by atoms with van der Waals surface area (Å²) in [5, 5.41) is 6.61. The van der Waals surface area contributed by atoms with E-state index in [1.165, 1.54) is 0 Å². The molecule has 1 rings (SSSR count). The lowest BCUT2D eigenvalue weighted by molar-refractivity contribution is 0.269. The fourth-order valence-corrected chi connectivity index (χ4v) is 1.66. The van der Waals surface area contributed by atoms with Crippen LogP contribution in [0.25, 0.3) is 0 Å². The van der Waals surface area contributed by atoms with Crippen LogP contribution in [0.3, 0.4) is 0 Å². The van der Waals surface area contributed by atoms with Gasteiger partial charge in [-0.05, 0) is 33.7 Å². The minimum Gasteiger partial charge on any atom is -0.368 e. The highest BCUT2D eigenvalue weighted by Crippen LogP contribution is 2.28. The molecule has 0 saturated heterocycles. The predicted molar refractivity (Wildman–Crippen MR) is 85.6 cm³/mol. The molecule has 0 atom stereocenters. The summed E-state index contributed by atoms with van der Waals surface area (Å²) < 4.78 is 0.897. The molecule has 1 aromatic heterocycles. The fraction of sp³-hybridized carbons (Fsp3) is 0.714. The average molecular weight is 329 g/mol. The maximum Gasteiger partial charge on any atom is 0.224 e. The van der Waals surface area contributed by atoms with Crippen LogP contribution in [0.5, 0.6) is 0 Å². The number of halogens is 1. The second-order valence-electron chi connectivity index (χ2n) is 5.81. The number of aromatic nitrogens is 2. The van der Waals surface area contributed by atoms with Crippen molar-refractivity contribution in [1.82, 2.24) is 9.97 Å². The van der Waals surface area contributed by atoms with Crippen LogP contribution in [0.1, 0.15) is 41.0 Å². The summed E-state index contributed by atoms with van der Waals surface area (Å²) in [4.78, 5) is 8.74. The van der Waals surface area contributed by atoms with Gasteiger partial charge in [-0.2, -0.15) is 4.98 Å². The molecule has 0 aromatic carbocycles. The molecule has 0 aliphatic heterocycles. The first-order valence-corrected chi connectivity index (χ1v) is 7.66. The molecule has 0 amide bonds. The Morgan fingerprint density at radius 2 is 2.00 bits per heavy atom. The van der Waals surface area contributed by atoms with Gasteiger partial charge in [0.1, 0.15) is 5.82 Å². The van der Waals surface area contributed by atoms with E-state index in [-0.39, 0.29) is 5.41 Å². The van der Waals surface area contributed by atoms with Crippen molar-refractivity contribution in [1.29, 1.82) is 0 Å². The van der Waals surface area contributed by atoms with Gasteiger partial charge in [0.05, 0.1) is 4.47 Å². The molecular weight excluding hydrogens is 304 g/mol. The first-order valence-electron chi connectivity index (χ1n) is 6.87. The monoisotopic (exact) mass is 328 g/mol. The van der Waals surface area contributed by atoms with E-state index in [4.69, 9.17) is 0 Å². The van der Waals surface area contributed by atoms with Gasteiger partial charge in [0.25, 0.3) is 0 Å². The summed E-state index contributed by atoms with van der Waals surface area (Å²) in [7, 11) is 0. The SMILES string of the molecule is CCCNc1ncc(Br)c(NCC(C)(C)C(C)C)n1. The molecule has 1 aromatic rings. The molecule has 5 heteroatoms. The molecule has 1 heterocycles. The van der Waals surface area contributed by atoms with Crippen molar-refractivity contribution in [2.24, 2.45) is 11.3 Å². The van der Waals surface area contributed by atoms with Gasteiger partial charge < -0.3 is 10.6 Å². The number of anilines is 2. The predicted octanol–water partition coefficient (Wildman–Crippen LogP) is 4.16. The molecular formula is C14H25BrN4. The van der Waals surface area contributed by atoms with Gasteiger partial charge in [0.2, 0.25) is 5.95 Å². The summed E-state index contributed by atoms with van der Waals surface area (Å²) >= 11 is 3.49. The smallest absolute Gasteiger partial charge is 0.224 e. The van der Waals surface area contributed by atoms with E-state index in [2.05, 4.69) is 71.2 Å². The minimum atomic E-state index is 0.224. The molecule has 0 unspecified atom stereocenters. The molecule has 0 aliphatic rings. The molecule has 4 nitrogen and oxygen atoms in total. The van der Waals surface area contributed by atoms with E-state index in [0.29, 0.717) is 11.9 Å². The Hall–Kier alpha value is -0.840. The maximum atomic E-state index is 4.49. The summed E-state index contributed by atoms with van der Waals surface area (Å²) in [5.41, 5.74) is 0.224.